The van der Waals surface area contributed by atoms with E-state index in [1.165, 1.54) is 4.90 Å². The number of alkyl halides is 6. The number of halogens is 7. The van der Waals surface area contributed by atoms with Gasteiger partial charge in [0.25, 0.3) is 5.91 Å². The van der Waals surface area contributed by atoms with Crippen LogP contribution < -0.4 is 0 Å². The number of aliphatic hydroxyl groups is 1. The van der Waals surface area contributed by atoms with Crippen molar-refractivity contribution in [3.05, 3.63) is 69.7 Å². The van der Waals surface area contributed by atoms with Crippen LogP contribution in [0, 0.1) is 0 Å². The number of aliphatic hydroxyl groups excluding tert-OH is 1. The lowest BCUT2D eigenvalue weighted by molar-refractivity contribution is -0.143. The molecular formula is C25H25ClF6N2O2. The van der Waals surface area contributed by atoms with E-state index in [9.17, 15) is 36.2 Å². The lowest BCUT2D eigenvalue weighted by atomic mass is 9.83. The van der Waals surface area contributed by atoms with Crippen LogP contribution in [-0.4, -0.2) is 59.1 Å². The molecular weight excluding hydrogens is 510 g/mol. The summed E-state index contributed by atoms with van der Waals surface area (Å²) in [5, 5.41) is 10.4. The summed E-state index contributed by atoms with van der Waals surface area (Å²) in [6.07, 6.45) is -8.74. The third-order valence-corrected chi connectivity index (χ3v) is 7.22. The van der Waals surface area contributed by atoms with E-state index >= 15 is 0 Å². The maximum absolute atomic E-state index is 13.3. The molecule has 2 aliphatic rings. The maximum Gasteiger partial charge on any atom is 0.416 e. The molecule has 4 rings (SSSR count). The zero-order valence-electron chi connectivity index (χ0n) is 19.1. The molecule has 2 aromatic carbocycles. The summed E-state index contributed by atoms with van der Waals surface area (Å²) in [6, 6.07) is 8.02. The number of hydrogen-bond acceptors (Lipinski definition) is 3. The number of benzene rings is 2. The molecule has 0 aromatic heterocycles. The van der Waals surface area contributed by atoms with E-state index in [0.717, 1.165) is 5.56 Å². The van der Waals surface area contributed by atoms with Crippen molar-refractivity contribution < 1.29 is 36.2 Å². The normalized spacial score (nSPS) is 22.6. The third kappa shape index (κ3) is 5.98. The second-order valence-corrected chi connectivity index (χ2v) is 9.76. The smallest absolute Gasteiger partial charge is 0.393 e. The minimum Gasteiger partial charge on any atom is -0.393 e. The lowest BCUT2D eigenvalue weighted by Gasteiger charge is -2.46. The number of carbonyl (C=O) groups is 1. The maximum atomic E-state index is 13.3. The van der Waals surface area contributed by atoms with E-state index in [4.69, 9.17) is 11.6 Å². The summed E-state index contributed by atoms with van der Waals surface area (Å²) >= 11 is 6.03. The van der Waals surface area contributed by atoms with Gasteiger partial charge in [0.15, 0.2) is 0 Å². The van der Waals surface area contributed by atoms with Gasteiger partial charge in [-0.15, -0.1) is 0 Å². The van der Waals surface area contributed by atoms with Crippen molar-refractivity contribution in [2.45, 2.75) is 49.7 Å². The van der Waals surface area contributed by atoms with Crippen molar-refractivity contribution in [2.24, 2.45) is 0 Å². The van der Waals surface area contributed by atoms with Gasteiger partial charge < -0.3 is 10.0 Å². The molecule has 0 aliphatic carbocycles. The van der Waals surface area contributed by atoms with Crippen LogP contribution in [0.4, 0.5) is 26.3 Å². The summed E-state index contributed by atoms with van der Waals surface area (Å²) in [4.78, 5) is 16.8. The molecule has 2 unspecified atom stereocenters. The van der Waals surface area contributed by atoms with Gasteiger partial charge in [-0.25, -0.2) is 0 Å². The SMILES string of the molecule is O=C(c1cc(C(F)(F)F)cc(C(F)(F)F)c1)N1CCC(N2CCC(O)CC2)C(c2ccc(Cl)cc2)C1. The predicted octanol–water partition coefficient (Wildman–Crippen LogP) is 5.83. The van der Waals surface area contributed by atoms with Crippen LogP contribution in [0.2, 0.25) is 5.02 Å². The first-order valence-electron chi connectivity index (χ1n) is 11.6. The van der Waals surface area contributed by atoms with E-state index < -0.39 is 35.0 Å². The summed E-state index contributed by atoms with van der Waals surface area (Å²) < 4.78 is 79.9. The quantitative estimate of drug-likeness (QED) is 0.504. The molecule has 0 bridgehead atoms. The van der Waals surface area contributed by atoms with Crippen molar-refractivity contribution in [2.75, 3.05) is 26.2 Å². The average Bonchev–Trinajstić information content (AvgIpc) is 2.83. The second-order valence-electron chi connectivity index (χ2n) is 9.33. The highest BCUT2D eigenvalue weighted by Crippen LogP contribution is 2.38. The molecule has 2 saturated heterocycles. The molecule has 0 radical (unpaired) electrons. The molecule has 11 heteroatoms. The number of piperidine rings is 2. The first kappa shape index (κ1) is 26.8. The molecule has 2 aromatic rings. The lowest BCUT2D eigenvalue weighted by Crippen LogP contribution is -2.53. The molecule has 0 spiro atoms. The Morgan fingerprint density at radius 2 is 1.42 bits per heavy atom. The summed E-state index contributed by atoms with van der Waals surface area (Å²) in [5.41, 5.74) is -2.81. The first-order chi connectivity index (χ1) is 16.8. The van der Waals surface area contributed by atoms with E-state index in [2.05, 4.69) is 4.90 Å². The fraction of sp³-hybridized carbons (Fsp3) is 0.480. The van der Waals surface area contributed by atoms with Gasteiger partial charge in [0.2, 0.25) is 0 Å². The Bertz CT molecular complexity index is 1050. The minimum atomic E-state index is -5.03. The Morgan fingerprint density at radius 1 is 0.861 bits per heavy atom. The van der Waals surface area contributed by atoms with Crippen LogP contribution in [-0.2, 0) is 12.4 Å². The molecule has 1 N–H and O–H groups in total. The van der Waals surface area contributed by atoms with Crippen molar-refractivity contribution in [3.8, 4) is 0 Å². The Hall–Kier alpha value is -2.30. The van der Waals surface area contributed by atoms with Crippen LogP contribution >= 0.6 is 11.6 Å². The molecule has 0 saturated carbocycles. The Balaban J connectivity index is 1.64. The molecule has 2 atom stereocenters. The fourth-order valence-electron chi connectivity index (χ4n) is 5.08. The highest BCUT2D eigenvalue weighted by Gasteiger charge is 2.40. The molecule has 36 heavy (non-hydrogen) atoms. The number of likely N-dealkylation sites (tertiary alicyclic amines) is 2. The monoisotopic (exact) mass is 534 g/mol. The van der Waals surface area contributed by atoms with Gasteiger partial charge in [0, 0.05) is 48.7 Å². The van der Waals surface area contributed by atoms with Gasteiger partial charge in [-0.2, -0.15) is 26.3 Å². The Labute approximate surface area is 209 Å². The number of carbonyl (C=O) groups excluding carboxylic acids is 1. The van der Waals surface area contributed by atoms with Crippen LogP contribution in [0.5, 0.6) is 0 Å². The van der Waals surface area contributed by atoms with Crippen LogP contribution in [0.1, 0.15) is 52.2 Å². The largest absolute Gasteiger partial charge is 0.416 e. The fourth-order valence-corrected chi connectivity index (χ4v) is 5.20. The molecule has 2 heterocycles. The number of amides is 1. The minimum absolute atomic E-state index is 0.00466. The van der Waals surface area contributed by atoms with E-state index in [1.54, 1.807) is 12.1 Å². The van der Waals surface area contributed by atoms with Gasteiger partial charge >= 0.3 is 12.4 Å². The van der Waals surface area contributed by atoms with Crippen LogP contribution in [0.3, 0.4) is 0 Å². The molecule has 4 nitrogen and oxygen atoms in total. The predicted molar refractivity (Wildman–Crippen MR) is 122 cm³/mol. The Kier molecular flexibility index (Phi) is 7.60. The first-order valence-corrected chi connectivity index (χ1v) is 12.0. The van der Waals surface area contributed by atoms with Gasteiger partial charge in [-0.1, -0.05) is 23.7 Å². The van der Waals surface area contributed by atoms with E-state index in [0.29, 0.717) is 49.5 Å². The van der Waals surface area contributed by atoms with E-state index in [1.807, 2.05) is 12.1 Å². The Morgan fingerprint density at radius 3 is 1.94 bits per heavy atom. The van der Waals surface area contributed by atoms with Crippen molar-refractivity contribution in [1.29, 1.82) is 0 Å². The van der Waals surface area contributed by atoms with E-state index in [-0.39, 0.29) is 37.2 Å². The van der Waals surface area contributed by atoms with Gasteiger partial charge in [0.05, 0.1) is 17.2 Å². The number of hydrogen-bond donors (Lipinski definition) is 1. The average molecular weight is 535 g/mol. The van der Waals surface area contributed by atoms with Crippen LogP contribution in [0.25, 0.3) is 0 Å². The van der Waals surface area contributed by atoms with Gasteiger partial charge in [-0.3, -0.25) is 9.69 Å². The van der Waals surface area contributed by atoms with Crippen molar-refractivity contribution >= 4 is 17.5 Å². The van der Waals surface area contributed by atoms with Gasteiger partial charge in [-0.05, 0) is 55.2 Å². The molecule has 2 aliphatic heterocycles. The number of rotatable bonds is 3. The topological polar surface area (TPSA) is 43.8 Å². The summed E-state index contributed by atoms with van der Waals surface area (Å²) in [5.74, 6) is -1.11. The second kappa shape index (κ2) is 10.2. The third-order valence-electron chi connectivity index (χ3n) is 6.96. The molecule has 196 valence electrons. The zero-order valence-corrected chi connectivity index (χ0v) is 19.9. The summed E-state index contributed by atoms with van der Waals surface area (Å²) in [7, 11) is 0. The molecule has 1 amide bonds. The van der Waals surface area contributed by atoms with Crippen molar-refractivity contribution in [1.82, 2.24) is 9.80 Å². The highest BCUT2D eigenvalue weighted by atomic mass is 35.5. The highest BCUT2D eigenvalue weighted by molar-refractivity contribution is 6.30. The summed E-state index contributed by atoms with van der Waals surface area (Å²) in [6.45, 7) is 1.63. The standard InChI is InChI=1S/C25H25ClF6N2O2/c26-19-3-1-15(2-4-19)21-14-34(10-7-22(21)33-8-5-20(35)6-9-33)23(36)16-11-17(24(27,28)29)13-18(12-16)25(30,31)32/h1-4,11-13,20-22,35H,5-10,14H2. The molecule has 2 fully saturated rings. The van der Waals surface area contributed by atoms with Crippen molar-refractivity contribution in [3.63, 3.8) is 0 Å². The number of nitrogens with zero attached hydrogens (tertiary/aromatic N) is 2. The zero-order chi connectivity index (χ0) is 26.3. The van der Waals surface area contributed by atoms with Crippen LogP contribution in [0.15, 0.2) is 42.5 Å². The van der Waals surface area contributed by atoms with Gasteiger partial charge in [0.1, 0.15) is 0 Å².